The molecule has 0 atom stereocenters. The number of hydrogen-bond acceptors (Lipinski definition) is 7. The van der Waals surface area contributed by atoms with Crippen LogP contribution in [0, 0.1) is 6.92 Å². The number of hydrogen-bond donors (Lipinski definition) is 2. The highest BCUT2D eigenvalue weighted by molar-refractivity contribution is 6.02. The van der Waals surface area contributed by atoms with Gasteiger partial charge in [0.2, 0.25) is 0 Å². The van der Waals surface area contributed by atoms with Gasteiger partial charge in [-0.3, -0.25) is 9.48 Å². The molecule has 1 aliphatic rings. The first-order valence-corrected chi connectivity index (χ1v) is 9.22. The van der Waals surface area contributed by atoms with Crippen molar-refractivity contribution in [3.05, 3.63) is 48.0 Å². The van der Waals surface area contributed by atoms with Crippen molar-refractivity contribution in [1.29, 1.82) is 0 Å². The lowest BCUT2D eigenvalue weighted by Gasteiger charge is -2.18. The summed E-state index contributed by atoms with van der Waals surface area (Å²) in [6.07, 6.45) is 3.97. The molecule has 3 aromatic rings. The maximum Gasteiger partial charge on any atom is 0.277 e. The normalized spacial score (nSPS) is 13.6. The van der Waals surface area contributed by atoms with Crippen molar-refractivity contribution >= 4 is 28.9 Å². The highest BCUT2D eigenvalue weighted by Crippen LogP contribution is 2.23. The van der Waals surface area contributed by atoms with Crippen molar-refractivity contribution in [3.8, 4) is 0 Å². The highest BCUT2D eigenvalue weighted by atomic mass is 16.2. The van der Waals surface area contributed by atoms with Gasteiger partial charge in [-0.2, -0.15) is 0 Å². The van der Waals surface area contributed by atoms with Crippen LogP contribution < -0.4 is 15.5 Å². The van der Waals surface area contributed by atoms with Crippen LogP contribution in [0.2, 0.25) is 0 Å². The summed E-state index contributed by atoms with van der Waals surface area (Å²) >= 11 is 0. The van der Waals surface area contributed by atoms with Gasteiger partial charge >= 0.3 is 0 Å². The molecular weight excluding hydrogens is 356 g/mol. The van der Waals surface area contributed by atoms with Crippen molar-refractivity contribution in [2.45, 2.75) is 19.8 Å². The molecule has 4 rings (SSSR count). The van der Waals surface area contributed by atoms with E-state index >= 15 is 0 Å². The fourth-order valence-electron chi connectivity index (χ4n) is 3.16. The van der Waals surface area contributed by atoms with Gasteiger partial charge in [-0.1, -0.05) is 5.21 Å². The smallest absolute Gasteiger partial charge is 0.277 e. The van der Waals surface area contributed by atoms with Crippen LogP contribution in [0.4, 0.5) is 23.0 Å². The molecule has 0 bridgehead atoms. The van der Waals surface area contributed by atoms with E-state index < -0.39 is 0 Å². The van der Waals surface area contributed by atoms with E-state index in [1.54, 1.807) is 13.2 Å². The molecule has 9 nitrogen and oxygen atoms in total. The van der Waals surface area contributed by atoms with Crippen LogP contribution >= 0.6 is 0 Å². The molecule has 1 aromatic carbocycles. The van der Waals surface area contributed by atoms with Gasteiger partial charge in [0.05, 0.1) is 6.20 Å². The lowest BCUT2D eigenvalue weighted by Crippen LogP contribution is -2.19. The summed E-state index contributed by atoms with van der Waals surface area (Å²) < 4.78 is 1.49. The third kappa shape index (κ3) is 4.08. The molecule has 28 heavy (non-hydrogen) atoms. The second-order valence-corrected chi connectivity index (χ2v) is 6.79. The van der Waals surface area contributed by atoms with E-state index in [4.69, 9.17) is 0 Å². The van der Waals surface area contributed by atoms with Crippen molar-refractivity contribution < 1.29 is 4.79 Å². The van der Waals surface area contributed by atoms with Gasteiger partial charge in [0.1, 0.15) is 17.5 Å². The molecule has 1 aliphatic heterocycles. The van der Waals surface area contributed by atoms with E-state index in [2.05, 4.69) is 35.8 Å². The number of carbonyl (C=O) groups excluding carboxylic acids is 1. The second-order valence-electron chi connectivity index (χ2n) is 6.79. The molecule has 0 spiro atoms. The van der Waals surface area contributed by atoms with Crippen molar-refractivity contribution in [2.75, 3.05) is 28.6 Å². The Morgan fingerprint density at radius 3 is 2.46 bits per heavy atom. The molecule has 2 N–H and O–H groups in total. The molecule has 1 amide bonds. The van der Waals surface area contributed by atoms with Gasteiger partial charge in [0, 0.05) is 37.6 Å². The Labute approximate surface area is 162 Å². The van der Waals surface area contributed by atoms with Gasteiger partial charge < -0.3 is 15.5 Å². The average molecular weight is 378 g/mol. The van der Waals surface area contributed by atoms with Crippen LogP contribution in [0.1, 0.15) is 29.2 Å². The zero-order valence-electron chi connectivity index (χ0n) is 15.9. The maximum atomic E-state index is 12.1. The fraction of sp³-hybridized carbons (Fsp3) is 0.316. The Morgan fingerprint density at radius 2 is 1.79 bits per heavy atom. The zero-order valence-corrected chi connectivity index (χ0v) is 15.9. The first-order chi connectivity index (χ1) is 13.6. The quantitative estimate of drug-likeness (QED) is 0.703. The lowest BCUT2D eigenvalue weighted by atomic mass is 10.2. The van der Waals surface area contributed by atoms with E-state index in [-0.39, 0.29) is 11.6 Å². The summed E-state index contributed by atoms with van der Waals surface area (Å²) in [6, 6.07) is 9.40. The van der Waals surface area contributed by atoms with Gasteiger partial charge in [0.15, 0.2) is 5.69 Å². The number of aryl methyl sites for hydroxylation is 2. The molecular formula is C19H22N8O. The second kappa shape index (κ2) is 7.63. The SMILES string of the molecule is Cc1nc(Nc2ccc(NC(=O)c3cn(C)nn3)cc2)cc(N2CCCC2)n1. The number of anilines is 4. The number of rotatable bonds is 5. The monoisotopic (exact) mass is 378 g/mol. The van der Waals surface area contributed by atoms with E-state index in [1.165, 1.54) is 17.5 Å². The predicted octanol–water partition coefficient (Wildman–Crippen LogP) is 2.51. The number of nitrogens with one attached hydrogen (secondary N) is 2. The Morgan fingerprint density at radius 1 is 1.07 bits per heavy atom. The minimum atomic E-state index is -0.296. The van der Waals surface area contributed by atoms with E-state index in [9.17, 15) is 4.79 Å². The molecule has 0 radical (unpaired) electrons. The van der Waals surface area contributed by atoms with Crippen molar-refractivity contribution in [3.63, 3.8) is 0 Å². The summed E-state index contributed by atoms with van der Waals surface area (Å²) in [6.45, 7) is 3.97. The summed E-state index contributed by atoms with van der Waals surface area (Å²) in [7, 11) is 1.72. The minimum absolute atomic E-state index is 0.274. The summed E-state index contributed by atoms with van der Waals surface area (Å²) in [5.41, 5.74) is 1.83. The Hall–Kier alpha value is -3.49. The summed E-state index contributed by atoms with van der Waals surface area (Å²) in [4.78, 5) is 23.4. The van der Waals surface area contributed by atoms with Crippen LogP contribution in [-0.4, -0.2) is 44.0 Å². The third-order valence-corrected chi connectivity index (χ3v) is 4.50. The molecule has 9 heteroatoms. The van der Waals surface area contributed by atoms with Crippen molar-refractivity contribution in [2.24, 2.45) is 7.05 Å². The van der Waals surface area contributed by atoms with Gasteiger partial charge in [-0.05, 0) is 44.0 Å². The fourth-order valence-corrected chi connectivity index (χ4v) is 3.16. The van der Waals surface area contributed by atoms with Crippen molar-refractivity contribution in [1.82, 2.24) is 25.0 Å². The molecule has 1 saturated heterocycles. The van der Waals surface area contributed by atoms with Crippen LogP contribution in [0.25, 0.3) is 0 Å². The Balaban J connectivity index is 1.43. The third-order valence-electron chi connectivity index (χ3n) is 4.50. The first-order valence-electron chi connectivity index (χ1n) is 9.22. The topological polar surface area (TPSA) is 101 Å². The number of amides is 1. The Bertz CT molecular complexity index is 976. The summed E-state index contributed by atoms with van der Waals surface area (Å²) in [5.74, 6) is 2.15. The van der Waals surface area contributed by atoms with Crippen LogP contribution in [0.5, 0.6) is 0 Å². The molecule has 0 saturated carbocycles. The Kier molecular flexibility index (Phi) is 4.88. The van der Waals surface area contributed by atoms with Gasteiger partial charge in [-0.15, -0.1) is 5.10 Å². The largest absolute Gasteiger partial charge is 0.356 e. The van der Waals surface area contributed by atoms with Crippen LogP contribution in [0.15, 0.2) is 36.5 Å². The van der Waals surface area contributed by atoms with Crippen LogP contribution in [-0.2, 0) is 7.05 Å². The molecule has 144 valence electrons. The van der Waals surface area contributed by atoms with E-state index in [0.29, 0.717) is 5.69 Å². The summed E-state index contributed by atoms with van der Waals surface area (Å²) in [5, 5.41) is 13.7. The average Bonchev–Trinajstić information content (AvgIpc) is 3.35. The molecule has 3 heterocycles. The molecule has 2 aromatic heterocycles. The van der Waals surface area contributed by atoms with Crippen LogP contribution in [0.3, 0.4) is 0 Å². The first kappa shape index (κ1) is 17.9. The van der Waals surface area contributed by atoms with E-state index in [1.807, 2.05) is 37.3 Å². The van der Waals surface area contributed by atoms with E-state index in [0.717, 1.165) is 36.2 Å². The molecule has 1 fully saturated rings. The molecule has 0 aliphatic carbocycles. The molecule has 0 unspecified atom stereocenters. The highest BCUT2D eigenvalue weighted by Gasteiger charge is 2.15. The van der Waals surface area contributed by atoms with Gasteiger partial charge in [-0.25, -0.2) is 9.97 Å². The maximum absolute atomic E-state index is 12.1. The lowest BCUT2D eigenvalue weighted by molar-refractivity contribution is 0.102. The number of benzene rings is 1. The predicted molar refractivity (Wildman–Crippen MR) is 107 cm³/mol. The number of aromatic nitrogens is 5. The number of nitrogens with zero attached hydrogens (tertiary/aromatic N) is 6. The zero-order chi connectivity index (χ0) is 19.5. The minimum Gasteiger partial charge on any atom is -0.356 e. The number of carbonyl (C=O) groups is 1. The standard InChI is InChI=1S/C19H22N8O/c1-13-20-17(11-18(21-13)27-9-3-4-10-27)22-14-5-7-15(8-6-14)23-19(28)16-12-26(2)25-24-16/h5-8,11-12H,3-4,9-10H2,1-2H3,(H,23,28)(H,20,21,22). The van der Waals surface area contributed by atoms with Gasteiger partial charge in [0.25, 0.3) is 5.91 Å².